The minimum absolute atomic E-state index is 0.135. The first-order valence-electron chi connectivity index (χ1n) is 8.91. The number of amides is 1. The van der Waals surface area contributed by atoms with Gasteiger partial charge >= 0.3 is 5.97 Å². The lowest BCUT2D eigenvalue weighted by Crippen LogP contribution is -2.31. The Bertz CT molecular complexity index is 782. The molecule has 0 fully saturated rings. The predicted octanol–water partition coefficient (Wildman–Crippen LogP) is 4.13. The SMILES string of the molecule is CCOC(=O)CCN(Cc1ccc(C)cc1)C(=O)/C=C/c1ccc(F)cc1. The summed E-state index contributed by atoms with van der Waals surface area (Å²) in [6.07, 6.45) is 3.21. The van der Waals surface area contributed by atoms with Gasteiger partial charge in [0.1, 0.15) is 5.82 Å². The molecule has 0 aliphatic heterocycles. The average Bonchev–Trinajstić information content (AvgIpc) is 2.66. The minimum atomic E-state index is -0.332. The van der Waals surface area contributed by atoms with Crippen molar-refractivity contribution < 1.29 is 18.7 Å². The summed E-state index contributed by atoms with van der Waals surface area (Å²) in [5.74, 6) is -0.875. The van der Waals surface area contributed by atoms with Crippen LogP contribution in [0.5, 0.6) is 0 Å². The zero-order valence-electron chi connectivity index (χ0n) is 15.7. The van der Waals surface area contributed by atoms with Crippen LogP contribution in [0.25, 0.3) is 6.08 Å². The van der Waals surface area contributed by atoms with E-state index in [0.29, 0.717) is 13.2 Å². The van der Waals surface area contributed by atoms with Gasteiger partial charge in [0.2, 0.25) is 5.91 Å². The van der Waals surface area contributed by atoms with Crippen molar-refractivity contribution in [2.24, 2.45) is 0 Å². The lowest BCUT2D eigenvalue weighted by atomic mass is 10.1. The maximum atomic E-state index is 13.0. The fraction of sp³-hybridized carbons (Fsp3) is 0.273. The molecule has 2 aromatic rings. The number of esters is 1. The summed E-state index contributed by atoms with van der Waals surface area (Å²) in [5, 5.41) is 0. The molecule has 0 heterocycles. The maximum Gasteiger partial charge on any atom is 0.307 e. The van der Waals surface area contributed by atoms with Gasteiger partial charge in [0, 0.05) is 19.2 Å². The molecule has 0 saturated carbocycles. The third-order valence-corrected chi connectivity index (χ3v) is 3.99. The first-order valence-corrected chi connectivity index (χ1v) is 8.91. The first-order chi connectivity index (χ1) is 13.0. The lowest BCUT2D eigenvalue weighted by molar-refractivity contribution is -0.143. The molecule has 0 atom stereocenters. The molecular weight excluding hydrogens is 345 g/mol. The largest absolute Gasteiger partial charge is 0.466 e. The Labute approximate surface area is 159 Å². The highest BCUT2D eigenvalue weighted by molar-refractivity contribution is 5.92. The van der Waals surface area contributed by atoms with Gasteiger partial charge in [0.25, 0.3) is 0 Å². The molecule has 0 N–H and O–H groups in total. The van der Waals surface area contributed by atoms with Crippen LogP contribution in [-0.2, 0) is 20.9 Å². The Morgan fingerprint density at radius 3 is 2.37 bits per heavy atom. The van der Waals surface area contributed by atoms with E-state index in [4.69, 9.17) is 4.74 Å². The first kappa shape index (κ1) is 20.4. The molecule has 0 unspecified atom stereocenters. The zero-order chi connectivity index (χ0) is 19.6. The van der Waals surface area contributed by atoms with Gasteiger partial charge < -0.3 is 9.64 Å². The monoisotopic (exact) mass is 369 g/mol. The summed E-state index contributed by atoms with van der Waals surface area (Å²) in [7, 11) is 0. The van der Waals surface area contributed by atoms with Crippen molar-refractivity contribution in [2.75, 3.05) is 13.2 Å². The Morgan fingerprint density at radius 1 is 1.07 bits per heavy atom. The van der Waals surface area contributed by atoms with Crippen molar-refractivity contribution in [3.8, 4) is 0 Å². The topological polar surface area (TPSA) is 46.6 Å². The zero-order valence-corrected chi connectivity index (χ0v) is 15.7. The van der Waals surface area contributed by atoms with Crippen LogP contribution in [0, 0.1) is 12.7 Å². The van der Waals surface area contributed by atoms with E-state index in [9.17, 15) is 14.0 Å². The van der Waals surface area contributed by atoms with Crippen molar-refractivity contribution in [2.45, 2.75) is 26.8 Å². The molecule has 0 aliphatic rings. The summed E-state index contributed by atoms with van der Waals surface area (Å²) in [4.78, 5) is 25.9. The van der Waals surface area contributed by atoms with Crippen LogP contribution in [0.1, 0.15) is 30.0 Å². The van der Waals surface area contributed by atoms with Gasteiger partial charge in [-0.05, 0) is 43.2 Å². The van der Waals surface area contributed by atoms with E-state index in [1.807, 2.05) is 31.2 Å². The maximum absolute atomic E-state index is 13.0. The molecule has 0 saturated heterocycles. The molecule has 0 radical (unpaired) electrons. The smallest absolute Gasteiger partial charge is 0.307 e. The van der Waals surface area contributed by atoms with E-state index in [1.165, 1.54) is 18.2 Å². The Kier molecular flexibility index (Phi) is 7.74. The van der Waals surface area contributed by atoms with Crippen LogP contribution in [0.4, 0.5) is 4.39 Å². The molecule has 0 bridgehead atoms. The van der Waals surface area contributed by atoms with Gasteiger partial charge in [0.05, 0.1) is 13.0 Å². The molecule has 0 aromatic heterocycles. The van der Waals surface area contributed by atoms with Gasteiger partial charge in [-0.1, -0.05) is 42.0 Å². The van der Waals surface area contributed by atoms with Crippen molar-refractivity contribution in [3.63, 3.8) is 0 Å². The summed E-state index contributed by atoms with van der Waals surface area (Å²) < 4.78 is 17.9. The molecular formula is C22H24FNO3. The second-order valence-electron chi connectivity index (χ2n) is 6.19. The quantitative estimate of drug-likeness (QED) is 0.519. The molecule has 2 aromatic carbocycles. The number of carbonyl (C=O) groups is 2. The Balaban J connectivity index is 2.08. The van der Waals surface area contributed by atoms with Crippen LogP contribution in [0.2, 0.25) is 0 Å². The van der Waals surface area contributed by atoms with Crippen LogP contribution in [-0.4, -0.2) is 29.9 Å². The number of halogens is 1. The van der Waals surface area contributed by atoms with Crippen LogP contribution in [0.15, 0.2) is 54.6 Å². The van der Waals surface area contributed by atoms with Crippen molar-refractivity contribution >= 4 is 18.0 Å². The summed E-state index contributed by atoms with van der Waals surface area (Å²) in [5.41, 5.74) is 2.85. The van der Waals surface area contributed by atoms with Crippen LogP contribution >= 0.6 is 0 Å². The highest BCUT2D eigenvalue weighted by atomic mass is 19.1. The summed E-state index contributed by atoms with van der Waals surface area (Å²) in [6.45, 7) is 4.72. The fourth-order valence-corrected chi connectivity index (χ4v) is 2.49. The molecule has 0 aliphatic carbocycles. The molecule has 0 spiro atoms. The molecule has 142 valence electrons. The van der Waals surface area contributed by atoms with Gasteiger partial charge in [-0.2, -0.15) is 0 Å². The fourth-order valence-electron chi connectivity index (χ4n) is 2.49. The third kappa shape index (κ3) is 7.05. The Morgan fingerprint density at radius 2 is 1.74 bits per heavy atom. The van der Waals surface area contributed by atoms with E-state index in [-0.39, 0.29) is 30.7 Å². The third-order valence-electron chi connectivity index (χ3n) is 3.99. The molecule has 5 heteroatoms. The van der Waals surface area contributed by atoms with Gasteiger partial charge in [-0.25, -0.2) is 4.39 Å². The Hall–Kier alpha value is -2.95. The van der Waals surface area contributed by atoms with Crippen molar-refractivity contribution in [1.82, 2.24) is 4.90 Å². The number of rotatable bonds is 8. The van der Waals surface area contributed by atoms with Crippen molar-refractivity contribution in [1.29, 1.82) is 0 Å². The van der Waals surface area contributed by atoms with Gasteiger partial charge in [0.15, 0.2) is 0 Å². The number of benzene rings is 2. The molecule has 1 amide bonds. The van der Waals surface area contributed by atoms with Crippen LogP contribution in [0.3, 0.4) is 0 Å². The predicted molar refractivity (Wildman–Crippen MR) is 103 cm³/mol. The van der Waals surface area contributed by atoms with Gasteiger partial charge in [-0.3, -0.25) is 9.59 Å². The highest BCUT2D eigenvalue weighted by Crippen LogP contribution is 2.10. The molecule has 27 heavy (non-hydrogen) atoms. The summed E-state index contributed by atoms with van der Waals surface area (Å²) >= 11 is 0. The molecule has 4 nitrogen and oxygen atoms in total. The number of carbonyl (C=O) groups excluding carboxylic acids is 2. The number of nitrogens with zero attached hydrogens (tertiary/aromatic N) is 1. The number of hydrogen-bond donors (Lipinski definition) is 0. The average molecular weight is 369 g/mol. The van der Waals surface area contributed by atoms with E-state index in [1.54, 1.807) is 30.0 Å². The lowest BCUT2D eigenvalue weighted by Gasteiger charge is -2.21. The standard InChI is InChI=1S/C22H24FNO3/c1-3-27-22(26)14-15-24(16-19-6-4-17(2)5-7-19)21(25)13-10-18-8-11-20(23)12-9-18/h4-13H,3,14-16H2,1-2H3/b13-10+. The van der Waals surface area contributed by atoms with Gasteiger partial charge in [-0.15, -0.1) is 0 Å². The van der Waals surface area contributed by atoms with E-state index < -0.39 is 0 Å². The summed E-state index contributed by atoms with van der Waals surface area (Å²) in [6, 6.07) is 13.8. The second kappa shape index (κ2) is 10.3. The van der Waals surface area contributed by atoms with Crippen molar-refractivity contribution in [3.05, 3.63) is 77.1 Å². The van der Waals surface area contributed by atoms with E-state index in [0.717, 1.165) is 16.7 Å². The van der Waals surface area contributed by atoms with Crippen LogP contribution < -0.4 is 0 Å². The normalized spacial score (nSPS) is 10.8. The number of hydrogen-bond acceptors (Lipinski definition) is 3. The molecule has 2 rings (SSSR count). The minimum Gasteiger partial charge on any atom is -0.466 e. The number of aryl methyl sites for hydroxylation is 1. The van der Waals surface area contributed by atoms with E-state index >= 15 is 0 Å². The highest BCUT2D eigenvalue weighted by Gasteiger charge is 2.14. The second-order valence-corrected chi connectivity index (χ2v) is 6.19. The number of ether oxygens (including phenoxy) is 1. The van der Waals surface area contributed by atoms with E-state index in [2.05, 4.69) is 0 Å².